The number of nitrogens with one attached hydrogen (secondary N) is 1. The third-order valence-corrected chi connectivity index (χ3v) is 6.87. The summed E-state index contributed by atoms with van der Waals surface area (Å²) >= 11 is 1.22. The van der Waals surface area contributed by atoms with Gasteiger partial charge in [0.1, 0.15) is 11.4 Å². The molecule has 1 fully saturated rings. The zero-order chi connectivity index (χ0) is 22.3. The standard InChI is InChI=1S/C26H23FN2O2S/c1-26(2)12-13-29(26)18-14-21(27)20-16-23(31-22(20)15-18)25(30)28-32-24-11-7-6-10-19(24)17-8-4-3-5-9-17/h3-11,14-16H,12-13H2,1-2H3,(H,28,30). The Labute approximate surface area is 190 Å². The van der Waals surface area contributed by atoms with Crippen LogP contribution < -0.4 is 9.62 Å². The number of amides is 1. The summed E-state index contributed by atoms with van der Waals surface area (Å²) in [6, 6.07) is 22.6. The predicted molar refractivity (Wildman–Crippen MR) is 127 cm³/mol. The van der Waals surface area contributed by atoms with Gasteiger partial charge in [0.25, 0.3) is 5.91 Å². The van der Waals surface area contributed by atoms with Gasteiger partial charge in [-0.3, -0.25) is 9.52 Å². The molecule has 0 saturated carbocycles. The zero-order valence-corrected chi connectivity index (χ0v) is 18.7. The average molecular weight is 447 g/mol. The molecule has 1 N–H and O–H groups in total. The van der Waals surface area contributed by atoms with E-state index in [4.69, 9.17) is 4.42 Å². The number of carbonyl (C=O) groups excluding carboxylic acids is 1. The second-order valence-electron chi connectivity index (χ2n) is 8.56. The summed E-state index contributed by atoms with van der Waals surface area (Å²) in [6.45, 7) is 5.14. The number of hydrogen-bond donors (Lipinski definition) is 1. The van der Waals surface area contributed by atoms with Gasteiger partial charge in [-0.05, 0) is 55.5 Å². The summed E-state index contributed by atoms with van der Waals surface area (Å²) in [7, 11) is 0. The summed E-state index contributed by atoms with van der Waals surface area (Å²) in [5.41, 5.74) is 3.24. The van der Waals surface area contributed by atoms with Gasteiger partial charge in [-0.1, -0.05) is 48.5 Å². The van der Waals surface area contributed by atoms with Gasteiger partial charge in [0.05, 0.1) is 5.39 Å². The summed E-state index contributed by atoms with van der Waals surface area (Å²) in [5.74, 6) is -0.701. The lowest BCUT2D eigenvalue weighted by atomic mass is 9.88. The minimum atomic E-state index is -0.403. The van der Waals surface area contributed by atoms with E-state index in [1.54, 1.807) is 0 Å². The summed E-state index contributed by atoms with van der Waals surface area (Å²) < 4.78 is 23.3. The molecule has 0 bridgehead atoms. The minimum Gasteiger partial charge on any atom is -0.451 e. The molecule has 1 aliphatic rings. The highest BCUT2D eigenvalue weighted by atomic mass is 32.2. The highest BCUT2D eigenvalue weighted by Gasteiger charge is 2.36. The number of rotatable bonds is 5. The molecule has 4 nitrogen and oxygen atoms in total. The Bertz CT molecular complexity index is 1300. The quantitative estimate of drug-likeness (QED) is 0.348. The van der Waals surface area contributed by atoms with E-state index in [1.165, 1.54) is 24.1 Å². The molecule has 32 heavy (non-hydrogen) atoms. The first-order chi connectivity index (χ1) is 15.4. The molecule has 1 amide bonds. The number of nitrogens with zero attached hydrogens (tertiary/aromatic N) is 1. The number of furan rings is 1. The van der Waals surface area contributed by atoms with Gasteiger partial charge in [-0.25, -0.2) is 4.39 Å². The van der Waals surface area contributed by atoms with E-state index >= 15 is 0 Å². The van der Waals surface area contributed by atoms with Gasteiger partial charge in [0.2, 0.25) is 0 Å². The van der Waals surface area contributed by atoms with Crippen molar-refractivity contribution < 1.29 is 13.6 Å². The van der Waals surface area contributed by atoms with Crippen molar-refractivity contribution in [3.63, 3.8) is 0 Å². The number of carbonyl (C=O) groups is 1. The normalized spacial score (nSPS) is 14.9. The van der Waals surface area contributed by atoms with E-state index in [0.29, 0.717) is 11.0 Å². The van der Waals surface area contributed by atoms with Crippen LogP contribution in [0.25, 0.3) is 22.1 Å². The smallest absolute Gasteiger partial charge is 0.297 e. The molecule has 0 atom stereocenters. The fraction of sp³-hybridized carbons (Fsp3) is 0.192. The van der Waals surface area contributed by atoms with Crippen LogP contribution in [0.5, 0.6) is 0 Å². The topological polar surface area (TPSA) is 45.5 Å². The molecule has 162 valence electrons. The third kappa shape index (κ3) is 3.75. The van der Waals surface area contributed by atoms with Crippen molar-refractivity contribution in [2.75, 3.05) is 11.4 Å². The van der Waals surface area contributed by atoms with E-state index < -0.39 is 5.91 Å². The molecule has 1 saturated heterocycles. The molecule has 0 aliphatic carbocycles. The van der Waals surface area contributed by atoms with Crippen molar-refractivity contribution in [2.24, 2.45) is 0 Å². The fourth-order valence-corrected chi connectivity index (χ4v) is 4.81. The summed E-state index contributed by atoms with van der Waals surface area (Å²) in [6.07, 6.45) is 1.06. The van der Waals surface area contributed by atoms with Gasteiger partial charge in [-0.15, -0.1) is 0 Å². The second-order valence-corrected chi connectivity index (χ2v) is 9.41. The molecule has 5 rings (SSSR count). The number of hydrogen-bond acceptors (Lipinski definition) is 4. The Morgan fingerprint density at radius 3 is 2.53 bits per heavy atom. The van der Waals surface area contributed by atoms with Crippen LogP contribution in [0.3, 0.4) is 0 Å². The monoisotopic (exact) mass is 446 g/mol. The first kappa shape index (κ1) is 20.6. The Morgan fingerprint density at radius 2 is 1.81 bits per heavy atom. The van der Waals surface area contributed by atoms with Crippen LogP contribution >= 0.6 is 11.9 Å². The Morgan fingerprint density at radius 1 is 1.06 bits per heavy atom. The van der Waals surface area contributed by atoms with Crippen molar-refractivity contribution in [3.8, 4) is 11.1 Å². The second kappa shape index (κ2) is 8.02. The molecule has 4 aromatic rings. The highest BCUT2D eigenvalue weighted by Crippen LogP contribution is 2.38. The van der Waals surface area contributed by atoms with E-state index in [9.17, 15) is 9.18 Å². The average Bonchev–Trinajstić information content (AvgIpc) is 3.23. The zero-order valence-electron chi connectivity index (χ0n) is 17.9. The molecule has 0 spiro atoms. The number of halogens is 1. The van der Waals surface area contributed by atoms with Crippen molar-refractivity contribution in [1.82, 2.24) is 4.72 Å². The molecule has 0 unspecified atom stereocenters. The number of benzene rings is 3. The highest BCUT2D eigenvalue weighted by molar-refractivity contribution is 7.98. The van der Waals surface area contributed by atoms with E-state index in [-0.39, 0.29) is 17.1 Å². The third-order valence-electron chi connectivity index (χ3n) is 6.01. The van der Waals surface area contributed by atoms with E-state index in [0.717, 1.165) is 34.7 Å². The molecule has 1 aromatic heterocycles. The lowest BCUT2D eigenvalue weighted by Crippen LogP contribution is -2.56. The maximum atomic E-state index is 14.8. The molecule has 1 aliphatic heterocycles. The van der Waals surface area contributed by atoms with Gasteiger partial charge in [-0.2, -0.15) is 0 Å². The molecule has 6 heteroatoms. The van der Waals surface area contributed by atoms with Crippen molar-refractivity contribution >= 4 is 34.5 Å². The Kier molecular flexibility index (Phi) is 5.18. The Hall–Kier alpha value is -3.25. The van der Waals surface area contributed by atoms with Crippen LogP contribution in [0.4, 0.5) is 10.1 Å². The van der Waals surface area contributed by atoms with Crippen LogP contribution in [0.1, 0.15) is 30.8 Å². The maximum absolute atomic E-state index is 14.8. The molecule has 2 heterocycles. The minimum absolute atomic E-state index is 0.00427. The van der Waals surface area contributed by atoms with Crippen LogP contribution in [0.15, 0.2) is 82.1 Å². The Balaban J connectivity index is 1.37. The fourth-order valence-electron chi connectivity index (χ4n) is 4.06. The lowest BCUT2D eigenvalue weighted by Gasteiger charge is -2.50. The SMILES string of the molecule is CC1(C)CCN1c1cc(F)c2cc(C(=O)NSc3ccccc3-c3ccccc3)oc2c1. The predicted octanol–water partition coefficient (Wildman–Crippen LogP) is 6.66. The lowest BCUT2D eigenvalue weighted by molar-refractivity contribution is 0.0959. The number of anilines is 1. The summed E-state index contributed by atoms with van der Waals surface area (Å²) in [4.78, 5) is 15.8. The molecule has 3 aromatic carbocycles. The first-order valence-electron chi connectivity index (χ1n) is 10.5. The molecular formula is C26H23FN2O2S. The van der Waals surface area contributed by atoms with E-state index in [2.05, 4.69) is 23.5 Å². The molecule has 0 radical (unpaired) electrons. The van der Waals surface area contributed by atoms with Crippen molar-refractivity contribution in [2.45, 2.75) is 30.7 Å². The largest absolute Gasteiger partial charge is 0.451 e. The van der Waals surface area contributed by atoms with Gasteiger partial charge in [0.15, 0.2) is 5.76 Å². The van der Waals surface area contributed by atoms with Gasteiger partial charge in [0, 0.05) is 34.8 Å². The first-order valence-corrected chi connectivity index (χ1v) is 11.4. The van der Waals surface area contributed by atoms with Crippen molar-refractivity contribution in [3.05, 3.63) is 84.4 Å². The van der Waals surface area contributed by atoms with Crippen LogP contribution in [-0.4, -0.2) is 18.0 Å². The van der Waals surface area contributed by atoms with Crippen LogP contribution in [0.2, 0.25) is 0 Å². The van der Waals surface area contributed by atoms with Gasteiger partial charge < -0.3 is 9.32 Å². The van der Waals surface area contributed by atoms with Crippen molar-refractivity contribution in [1.29, 1.82) is 0 Å². The van der Waals surface area contributed by atoms with E-state index in [1.807, 2.05) is 60.7 Å². The maximum Gasteiger partial charge on any atom is 0.297 e. The van der Waals surface area contributed by atoms with Crippen LogP contribution in [-0.2, 0) is 0 Å². The summed E-state index contributed by atoms with van der Waals surface area (Å²) in [5, 5.41) is 0.312. The van der Waals surface area contributed by atoms with Crippen LogP contribution in [0, 0.1) is 5.82 Å². The van der Waals surface area contributed by atoms with Gasteiger partial charge >= 0.3 is 0 Å². The molecular weight excluding hydrogens is 423 g/mol. The number of fused-ring (bicyclic) bond motifs is 1.